The van der Waals surface area contributed by atoms with Crippen molar-refractivity contribution in [2.75, 3.05) is 0 Å². The Kier molecular flexibility index (Phi) is 5.59. The van der Waals surface area contributed by atoms with Crippen LogP contribution in [0.25, 0.3) is 0 Å². The van der Waals surface area contributed by atoms with Crippen molar-refractivity contribution >= 4 is 11.8 Å². The predicted molar refractivity (Wildman–Crippen MR) is 47.5 cm³/mol. The fourth-order valence-electron chi connectivity index (χ4n) is 0.836. The van der Waals surface area contributed by atoms with Crippen molar-refractivity contribution < 1.29 is 19.8 Å². The minimum Gasteiger partial charge on any atom is -0.502 e. The SMILES string of the molecule is CCCCCC(=O)C=C(O)C(=O)O. The van der Waals surface area contributed by atoms with E-state index in [-0.39, 0.29) is 5.78 Å². The third kappa shape index (κ3) is 5.90. The quantitative estimate of drug-likeness (QED) is 0.376. The van der Waals surface area contributed by atoms with Crippen LogP contribution < -0.4 is 0 Å². The van der Waals surface area contributed by atoms with Gasteiger partial charge in [0.15, 0.2) is 5.78 Å². The van der Waals surface area contributed by atoms with Crippen molar-refractivity contribution in [3.05, 3.63) is 11.8 Å². The molecule has 0 fully saturated rings. The van der Waals surface area contributed by atoms with E-state index in [1.165, 1.54) is 0 Å². The lowest BCUT2D eigenvalue weighted by Gasteiger charge is -1.94. The average molecular weight is 186 g/mol. The fraction of sp³-hybridized carbons (Fsp3) is 0.556. The Balaban J connectivity index is 3.86. The zero-order valence-electron chi connectivity index (χ0n) is 7.62. The van der Waals surface area contributed by atoms with Gasteiger partial charge in [-0.3, -0.25) is 4.79 Å². The highest BCUT2D eigenvalue weighted by molar-refractivity contribution is 5.97. The smallest absolute Gasteiger partial charge is 0.371 e. The summed E-state index contributed by atoms with van der Waals surface area (Å²) in [6, 6.07) is 0. The van der Waals surface area contributed by atoms with Gasteiger partial charge in [-0.15, -0.1) is 0 Å². The number of rotatable bonds is 6. The monoisotopic (exact) mass is 186 g/mol. The molecule has 0 radical (unpaired) electrons. The van der Waals surface area contributed by atoms with Crippen LogP contribution in [0.2, 0.25) is 0 Å². The van der Waals surface area contributed by atoms with Gasteiger partial charge in [0.1, 0.15) is 0 Å². The molecule has 0 aromatic heterocycles. The molecule has 4 nitrogen and oxygen atoms in total. The number of carboxylic acid groups (broad SMARTS) is 1. The number of aliphatic hydroxyl groups excluding tert-OH is 1. The van der Waals surface area contributed by atoms with Crippen molar-refractivity contribution in [1.29, 1.82) is 0 Å². The molecule has 0 heterocycles. The largest absolute Gasteiger partial charge is 0.502 e. The summed E-state index contributed by atoms with van der Waals surface area (Å²) in [4.78, 5) is 21.0. The van der Waals surface area contributed by atoms with Gasteiger partial charge in [0.2, 0.25) is 5.76 Å². The maximum absolute atomic E-state index is 10.9. The van der Waals surface area contributed by atoms with E-state index in [9.17, 15) is 9.59 Å². The second-order valence-corrected chi connectivity index (χ2v) is 2.76. The number of hydrogen-bond acceptors (Lipinski definition) is 3. The van der Waals surface area contributed by atoms with Crippen LogP contribution in [0.1, 0.15) is 32.6 Å². The molecule has 0 aliphatic heterocycles. The van der Waals surface area contributed by atoms with Crippen molar-refractivity contribution in [2.24, 2.45) is 0 Å². The van der Waals surface area contributed by atoms with Crippen LogP contribution in [0.4, 0.5) is 0 Å². The van der Waals surface area contributed by atoms with Crippen molar-refractivity contribution in [1.82, 2.24) is 0 Å². The summed E-state index contributed by atoms with van der Waals surface area (Å²) in [6.45, 7) is 2.01. The molecule has 0 rings (SSSR count). The number of unbranched alkanes of at least 4 members (excludes halogenated alkanes) is 2. The van der Waals surface area contributed by atoms with Crippen LogP contribution in [-0.4, -0.2) is 22.0 Å². The minimum atomic E-state index is -1.47. The maximum atomic E-state index is 10.9. The van der Waals surface area contributed by atoms with E-state index in [1.54, 1.807) is 0 Å². The van der Waals surface area contributed by atoms with E-state index < -0.39 is 11.7 Å². The molecule has 13 heavy (non-hydrogen) atoms. The summed E-state index contributed by atoms with van der Waals surface area (Å²) >= 11 is 0. The second-order valence-electron chi connectivity index (χ2n) is 2.76. The molecule has 0 atom stereocenters. The Morgan fingerprint density at radius 2 is 1.85 bits per heavy atom. The lowest BCUT2D eigenvalue weighted by molar-refractivity contribution is -0.135. The van der Waals surface area contributed by atoms with Crippen LogP contribution in [0, 0.1) is 0 Å². The predicted octanol–water partition coefficient (Wildman–Crippen LogP) is 1.66. The van der Waals surface area contributed by atoms with Gasteiger partial charge in [-0.05, 0) is 6.42 Å². The summed E-state index contributed by atoms with van der Waals surface area (Å²) in [7, 11) is 0. The lowest BCUT2D eigenvalue weighted by Crippen LogP contribution is -2.03. The molecule has 0 saturated heterocycles. The van der Waals surface area contributed by atoms with Gasteiger partial charge in [-0.1, -0.05) is 19.8 Å². The van der Waals surface area contributed by atoms with Crippen molar-refractivity contribution in [3.63, 3.8) is 0 Å². The molecule has 0 amide bonds. The van der Waals surface area contributed by atoms with Crippen LogP contribution in [0.5, 0.6) is 0 Å². The summed E-state index contributed by atoms with van der Waals surface area (Å²) in [5.74, 6) is -2.70. The summed E-state index contributed by atoms with van der Waals surface area (Å²) in [5, 5.41) is 16.9. The number of ketones is 1. The Labute approximate surface area is 76.9 Å². The molecule has 2 N–H and O–H groups in total. The summed E-state index contributed by atoms with van der Waals surface area (Å²) in [6.07, 6.45) is 3.73. The lowest BCUT2D eigenvalue weighted by atomic mass is 10.1. The zero-order chi connectivity index (χ0) is 10.3. The first-order valence-corrected chi connectivity index (χ1v) is 4.24. The summed E-state index contributed by atoms with van der Waals surface area (Å²) in [5.41, 5.74) is 0. The number of hydrogen-bond donors (Lipinski definition) is 2. The van der Waals surface area contributed by atoms with Crippen LogP contribution in [-0.2, 0) is 9.59 Å². The highest BCUT2D eigenvalue weighted by Crippen LogP contribution is 2.01. The van der Waals surface area contributed by atoms with E-state index in [4.69, 9.17) is 10.2 Å². The molecule has 0 spiro atoms. The molecule has 0 saturated carbocycles. The topological polar surface area (TPSA) is 74.6 Å². The molecule has 74 valence electrons. The fourth-order valence-corrected chi connectivity index (χ4v) is 0.836. The van der Waals surface area contributed by atoms with Gasteiger partial charge in [-0.25, -0.2) is 4.79 Å². The molecular weight excluding hydrogens is 172 g/mol. The molecule has 0 aromatic carbocycles. The van der Waals surface area contributed by atoms with Gasteiger partial charge in [0.05, 0.1) is 0 Å². The van der Waals surface area contributed by atoms with Crippen LogP contribution in [0.15, 0.2) is 11.8 Å². The molecule has 0 bridgehead atoms. The van der Waals surface area contributed by atoms with Gasteiger partial charge < -0.3 is 10.2 Å². The third-order valence-electron chi connectivity index (χ3n) is 1.54. The molecule has 0 aromatic rings. The number of carbonyl (C=O) groups is 2. The minimum absolute atomic E-state index is 0.297. The zero-order valence-corrected chi connectivity index (χ0v) is 7.62. The number of carbonyl (C=O) groups excluding carboxylic acids is 1. The molecule has 0 aliphatic carbocycles. The molecule has 0 unspecified atom stereocenters. The highest BCUT2D eigenvalue weighted by Gasteiger charge is 2.06. The van der Waals surface area contributed by atoms with Crippen molar-refractivity contribution in [3.8, 4) is 0 Å². The van der Waals surface area contributed by atoms with E-state index in [1.807, 2.05) is 6.92 Å². The van der Waals surface area contributed by atoms with Crippen LogP contribution in [0.3, 0.4) is 0 Å². The highest BCUT2D eigenvalue weighted by atomic mass is 16.4. The first kappa shape index (κ1) is 11.7. The first-order valence-electron chi connectivity index (χ1n) is 4.24. The van der Waals surface area contributed by atoms with Gasteiger partial charge >= 0.3 is 5.97 Å². The van der Waals surface area contributed by atoms with E-state index in [0.717, 1.165) is 25.3 Å². The standard InChI is InChI=1S/C9H14O4/c1-2-3-4-5-7(10)6-8(11)9(12)13/h6,11H,2-5H2,1H3,(H,12,13). The molecule has 0 aliphatic rings. The first-order chi connectivity index (χ1) is 6.07. The maximum Gasteiger partial charge on any atom is 0.371 e. The number of carboxylic acids is 1. The summed E-state index contributed by atoms with van der Waals surface area (Å²) < 4.78 is 0. The Hall–Kier alpha value is -1.32. The normalized spacial score (nSPS) is 11.3. The number of aliphatic carboxylic acids is 1. The van der Waals surface area contributed by atoms with Gasteiger partial charge in [-0.2, -0.15) is 0 Å². The second kappa shape index (κ2) is 6.22. The average Bonchev–Trinajstić information content (AvgIpc) is 2.04. The van der Waals surface area contributed by atoms with E-state index >= 15 is 0 Å². The molecule has 4 heteroatoms. The van der Waals surface area contributed by atoms with Crippen LogP contribution >= 0.6 is 0 Å². The molecular formula is C9H14O4. The Bertz CT molecular complexity index is 218. The number of allylic oxidation sites excluding steroid dienone is 1. The number of aliphatic hydroxyl groups is 1. The van der Waals surface area contributed by atoms with E-state index in [2.05, 4.69) is 0 Å². The Morgan fingerprint density at radius 3 is 2.31 bits per heavy atom. The van der Waals surface area contributed by atoms with Crippen molar-refractivity contribution in [2.45, 2.75) is 32.6 Å². The van der Waals surface area contributed by atoms with Gasteiger partial charge in [0.25, 0.3) is 0 Å². The van der Waals surface area contributed by atoms with Gasteiger partial charge in [0, 0.05) is 12.5 Å². The van der Waals surface area contributed by atoms with E-state index in [0.29, 0.717) is 6.42 Å². The Morgan fingerprint density at radius 1 is 1.23 bits per heavy atom. The third-order valence-corrected chi connectivity index (χ3v) is 1.54.